The van der Waals surface area contributed by atoms with Crippen molar-refractivity contribution in [2.75, 3.05) is 26.2 Å². The van der Waals surface area contributed by atoms with Crippen LogP contribution < -0.4 is 5.11 Å². The third kappa shape index (κ3) is 4.16. The van der Waals surface area contributed by atoms with Gasteiger partial charge in [0.25, 0.3) is 0 Å². The van der Waals surface area contributed by atoms with Crippen molar-refractivity contribution >= 4 is 0 Å². The van der Waals surface area contributed by atoms with E-state index in [4.69, 9.17) is 0 Å². The van der Waals surface area contributed by atoms with Gasteiger partial charge in [0.1, 0.15) is 0 Å². The van der Waals surface area contributed by atoms with Gasteiger partial charge in [0.2, 0.25) is 0 Å². The highest BCUT2D eigenvalue weighted by Crippen LogP contribution is 2.40. The van der Waals surface area contributed by atoms with Crippen molar-refractivity contribution in [3.63, 3.8) is 0 Å². The van der Waals surface area contributed by atoms with Crippen LogP contribution >= 0.6 is 0 Å². The molecule has 0 aliphatic heterocycles. The number of benzene rings is 1. The summed E-state index contributed by atoms with van der Waals surface area (Å²) in [6.45, 7) is 11.2. The molecule has 0 N–H and O–H groups in total. The molecule has 1 unspecified atom stereocenters. The first-order valence-corrected chi connectivity index (χ1v) is 9.71. The Hall–Kier alpha value is -0.860. The van der Waals surface area contributed by atoms with Crippen LogP contribution in [0.1, 0.15) is 64.9 Å². The number of nitrogens with zero attached hydrogens (tertiary/aromatic N) is 1. The van der Waals surface area contributed by atoms with Gasteiger partial charge in [-0.2, -0.15) is 0 Å². The summed E-state index contributed by atoms with van der Waals surface area (Å²) in [6, 6.07) is 10.2. The van der Waals surface area contributed by atoms with Gasteiger partial charge in [-0.15, -0.1) is 0 Å². The number of hydrogen-bond acceptors (Lipinski definition) is 1. The minimum Gasteiger partial charge on any atom is -0.846 e. The quantitative estimate of drug-likeness (QED) is 0.662. The largest absolute Gasteiger partial charge is 0.846 e. The van der Waals surface area contributed by atoms with Crippen LogP contribution in [-0.2, 0) is 5.60 Å². The van der Waals surface area contributed by atoms with Crippen LogP contribution in [0.15, 0.2) is 30.3 Å². The second kappa shape index (κ2) is 8.30. The Morgan fingerprint density at radius 2 is 1.52 bits per heavy atom. The average Bonchev–Trinajstić information content (AvgIpc) is 2.64. The van der Waals surface area contributed by atoms with E-state index in [1.54, 1.807) is 0 Å². The molecule has 23 heavy (non-hydrogen) atoms. The Labute approximate surface area is 143 Å². The zero-order valence-corrected chi connectivity index (χ0v) is 15.4. The minimum absolute atomic E-state index is 0.311. The molecule has 1 aromatic carbocycles. The maximum Gasteiger partial charge on any atom is 0.0781 e. The highest BCUT2D eigenvalue weighted by atomic mass is 16.3. The fraction of sp³-hybridized carbons (Fsp3) is 0.714. The Bertz CT molecular complexity index is 440. The summed E-state index contributed by atoms with van der Waals surface area (Å²) in [6.07, 6.45) is 6.77. The Balaban J connectivity index is 2.23. The van der Waals surface area contributed by atoms with Crippen LogP contribution in [-0.4, -0.2) is 30.7 Å². The van der Waals surface area contributed by atoms with Gasteiger partial charge in [0.05, 0.1) is 26.2 Å². The summed E-state index contributed by atoms with van der Waals surface area (Å²) in [5.41, 5.74) is 0.123. The van der Waals surface area contributed by atoms with Gasteiger partial charge in [0, 0.05) is 0 Å². The summed E-state index contributed by atoms with van der Waals surface area (Å²) >= 11 is 0. The van der Waals surface area contributed by atoms with Crippen LogP contribution in [0, 0.1) is 5.92 Å². The second-order valence-electron chi connectivity index (χ2n) is 7.35. The molecular weight excluding hydrogens is 282 g/mol. The molecule has 1 aliphatic carbocycles. The normalized spacial score (nSPS) is 19.5. The van der Waals surface area contributed by atoms with Gasteiger partial charge in [-0.05, 0) is 33.1 Å². The van der Waals surface area contributed by atoms with E-state index in [2.05, 4.69) is 32.9 Å². The van der Waals surface area contributed by atoms with Crippen molar-refractivity contribution < 1.29 is 9.59 Å². The van der Waals surface area contributed by atoms with Crippen LogP contribution in [0.3, 0.4) is 0 Å². The van der Waals surface area contributed by atoms with Crippen LogP contribution in [0.2, 0.25) is 0 Å². The molecule has 1 aliphatic rings. The van der Waals surface area contributed by atoms with Gasteiger partial charge < -0.3 is 9.59 Å². The molecule has 2 rings (SSSR count). The minimum atomic E-state index is -0.898. The summed E-state index contributed by atoms with van der Waals surface area (Å²) in [4.78, 5) is 0. The average molecular weight is 318 g/mol. The van der Waals surface area contributed by atoms with E-state index in [0.29, 0.717) is 5.92 Å². The maximum atomic E-state index is 14.0. The Morgan fingerprint density at radius 3 is 2.04 bits per heavy atom. The summed E-state index contributed by atoms with van der Waals surface area (Å²) < 4.78 is 1.07. The Kier molecular flexibility index (Phi) is 6.67. The topological polar surface area (TPSA) is 23.1 Å². The summed E-state index contributed by atoms with van der Waals surface area (Å²) in [5.74, 6) is 0.311. The van der Waals surface area contributed by atoms with Crippen molar-refractivity contribution in [3.8, 4) is 0 Å². The predicted molar refractivity (Wildman–Crippen MR) is 96.1 cm³/mol. The molecule has 0 spiro atoms. The van der Waals surface area contributed by atoms with E-state index in [1.165, 1.54) is 19.3 Å². The zero-order valence-electron chi connectivity index (χ0n) is 15.4. The van der Waals surface area contributed by atoms with Crippen LogP contribution in [0.25, 0.3) is 0 Å². The second-order valence-corrected chi connectivity index (χ2v) is 7.35. The Morgan fingerprint density at radius 1 is 0.957 bits per heavy atom. The van der Waals surface area contributed by atoms with E-state index >= 15 is 0 Å². The number of rotatable bonds is 8. The van der Waals surface area contributed by atoms with Crippen LogP contribution in [0.4, 0.5) is 0 Å². The molecular formula is C21H35NO. The molecule has 1 atom stereocenters. The third-order valence-corrected chi connectivity index (χ3v) is 6.50. The van der Waals surface area contributed by atoms with Gasteiger partial charge in [-0.1, -0.05) is 73.6 Å². The highest BCUT2D eigenvalue weighted by molar-refractivity contribution is 5.23. The smallest absolute Gasteiger partial charge is 0.0781 e. The van der Waals surface area contributed by atoms with Crippen LogP contribution in [0.5, 0.6) is 0 Å². The van der Waals surface area contributed by atoms with Gasteiger partial charge in [0.15, 0.2) is 0 Å². The molecule has 1 fully saturated rings. The monoisotopic (exact) mass is 317 g/mol. The molecule has 0 amide bonds. The fourth-order valence-electron chi connectivity index (χ4n) is 4.42. The maximum absolute atomic E-state index is 14.0. The van der Waals surface area contributed by atoms with Crippen molar-refractivity contribution in [3.05, 3.63) is 35.9 Å². The fourth-order valence-corrected chi connectivity index (χ4v) is 4.42. The van der Waals surface area contributed by atoms with Crippen molar-refractivity contribution in [1.82, 2.24) is 0 Å². The third-order valence-electron chi connectivity index (χ3n) is 6.50. The molecule has 130 valence electrons. The number of hydrogen-bond donors (Lipinski definition) is 0. The van der Waals surface area contributed by atoms with Gasteiger partial charge >= 0.3 is 0 Å². The standard InChI is InChI=1S/C21H35NO/c1-4-22(5-2,6-3)18-17-21(23,19-13-9-7-10-14-19)20-15-11-8-12-16-20/h7,9-10,13-14,20H,4-6,8,11-12,15-18H2,1-3H3. The van der Waals surface area contributed by atoms with Crippen molar-refractivity contribution in [2.45, 2.75) is 64.9 Å². The first-order valence-electron chi connectivity index (χ1n) is 9.71. The molecule has 0 aromatic heterocycles. The highest BCUT2D eigenvalue weighted by Gasteiger charge is 2.33. The molecule has 0 heterocycles. The van der Waals surface area contributed by atoms with E-state index in [1.807, 2.05) is 18.2 Å². The lowest BCUT2D eigenvalue weighted by Crippen LogP contribution is -2.55. The summed E-state index contributed by atoms with van der Waals surface area (Å²) in [5, 5.41) is 14.0. The van der Waals surface area contributed by atoms with E-state index in [9.17, 15) is 5.11 Å². The summed E-state index contributed by atoms with van der Waals surface area (Å²) in [7, 11) is 0. The first-order chi connectivity index (χ1) is 11.1. The molecule has 1 aromatic rings. The van der Waals surface area contributed by atoms with E-state index in [-0.39, 0.29) is 0 Å². The molecule has 0 bridgehead atoms. The molecule has 0 saturated heterocycles. The van der Waals surface area contributed by atoms with Gasteiger partial charge in [-0.3, -0.25) is 0 Å². The lowest BCUT2D eigenvalue weighted by atomic mass is 9.71. The lowest BCUT2D eigenvalue weighted by Gasteiger charge is -2.51. The van der Waals surface area contributed by atoms with Crippen molar-refractivity contribution in [1.29, 1.82) is 0 Å². The molecule has 2 heteroatoms. The molecule has 0 radical (unpaired) electrons. The number of quaternary nitrogens is 1. The zero-order chi connectivity index (χ0) is 16.8. The SMILES string of the molecule is CC[N+](CC)(CC)CCC([O-])(c1ccccc1)C1CCCCC1. The van der Waals surface area contributed by atoms with Gasteiger partial charge in [-0.25, -0.2) is 0 Å². The molecule has 1 saturated carbocycles. The van der Waals surface area contributed by atoms with E-state index < -0.39 is 5.60 Å². The first kappa shape index (κ1) is 18.5. The lowest BCUT2D eigenvalue weighted by molar-refractivity contribution is -0.925. The molecule has 2 nitrogen and oxygen atoms in total. The van der Waals surface area contributed by atoms with Crippen molar-refractivity contribution in [2.24, 2.45) is 5.92 Å². The van der Waals surface area contributed by atoms with E-state index in [0.717, 1.165) is 55.5 Å². The predicted octanol–water partition coefficient (Wildman–Crippen LogP) is 4.09.